The molecular weight excluding hydrogens is 210 g/mol. The zero-order chi connectivity index (χ0) is 10.3. The van der Waals surface area contributed by atoms with Crippen LogP contribution in [0.4, 0.5) is 0 Å². The molecule has 1 aliphatic heterocycles. The molecule has 1 fully saturated rings. The van der Waals surface area contributed by atoms with Crippen molar-refractivity contribution in [3.63, 3.8) is 0 Å². The summed E-state index contributed by atoms with van der Waals surface area (Å²) < 4.78 is 1.94. The maximum atomic E-state index is 6.04. The number of hydrogen-bond acceptors (Lipinski definition) is 2. The smallest absolute Gasteiger partial charge is 0.141 e. The molecule has 0 aromatic carbocycles. The average Bonchev–Trinajstić information content (AvgIpc) is 2.88. The lowest BCUT2D eigenvalue weighted by Crippen LogP contribution is -2.08. The second kappa shape index (κ2) is 3.51. The molecule has 0 aliphatic carbocycles. The summed E-state index contributed by atoms with van der Waals surface area (Å²) in [5, 5.41) is 4.05. The Hall–Kier alpha value is -1.06. The minimum atomic E-state index is 0.576. The first-order chi connectivity index (χ1) is 7.36. The Bertz CT molecular complexity index is 486. The van der Waals surface area contributed by atoms with Crippen molar-refractivity contribution in [2.24, 2.45) is 0 Å². The molecule has 2 aromatic rings. The third-order valence-electron chi connectivity index (χ3n) is 3.02. The molecule has 1 atom stereocenters. The Morgan fingerprint density at radius 3 is 3.27 bits per heavy atom. The SMILES string of the molecule is Clc1cnc2c(C3CCNC3)cccn12. The van der Waals surface area contributed by atoms with E-state index in [-0.39, 0.29) is 0 Å². The largest absolute Gasteiger partial charge is 0.316 e. The molecule has 3 heterocycles. The molecule has 3 nitrogen and oxygen atoms in total. The lowest BCUT2D eigenvalue weighted by molar-refractivity contribution is 0.763. The number of nitrogens with zero attached hydrogens (tertiary/aromatic N) is 2. The van der Waals surface area contributed by atoms with Crippen molar-refractivity contribution in [2.75, 3.05) is 13.1 Å². The van der Waals surface area contributed by atoms with Gasteiger partial charge < -0.3 is 5.32 Å². The van der Waals surface area contributed by atoms with Gasteiger partial charge in [0.15, 0.2) is 0 Å². The lowest BCUT2D eigenvalue weighted by atomic mass is 10.00. The second-order valence-electron chi connectivity index (χ2n) is 3.93. The van der Waals surface area contributed by atoms with Crippen LogP contribution in [0.3, 0.4) is 0 Å². The molecule has 1 N–H and O–H groups in total. The predicted molar refractivity (Wildman–Crippen MR) is 60.4 cm³/mol. The van der Waals surface area contributed by atoms with Gasteiger partial charge in [0.05, 0.1) is 6.20 Å². The summed E-state index contributed by atoms with van der Waals surface area (Å²) in [7, 11) is 0. The number of fused-ring (bicyclic) bond motifs is 1. The van der Waals surface area contributed by atoms with Crippen LogP contribution in [0, 0.1) is 0 Å². The minimum Gasteiger partial charge on any atom is -0.316 e. The third kappa shape index (κ3) is 1.43. The van der Waals surface area contributed by atoms with Crippen LogP contribution in [0.1, 0.15) is 17.9 Å². The van der Waals surface area contributed by atoms with Gasteiger partial charge in [-0.3, -0.25) is 4.40 Å². The van der Waals surface area contributed by atoms with Gasteiger partial charge in [-0.2, -0.15) is 0 Å². The van der Waals surface area contributed by atoms with Crippen LogP contribution in [-0.4, -0.2) is 22.5 Å². The molecule has 0 radical (unpaired) electrons. The average molecular weight is 222 g/mol. The van der Waals surface area contributed by atoms with Gasteiger partial charge >= 0.3 is 0 Å². The van der Waals surface area contributed by atoms with Crippen molar-refractivity contribution in [3.8, 4) is 0 Å². The fraction of sp³-hybridized carbons (Fsp3) is 0.364. The Morgan fingerprint density at radius 1 is 1.53 bits per heavy atom. The van der Waals surface area contributed by atoms with Crippen LogP contribution in [0.2, 0.25) is 5.15 Å². The summed E-state index contributed by atoms with van der Waals surface area (Å²) in [6.07, 6.45) is 4.85. The normalized spacial score (nSPS) is 21.3. The van der Waals surface area contributed by atoms with Crippen molar-refractivity contribution in [1.82, 2.24) is 14.7 Å². The van der Waals surface area contributed by atoms with Crippen molar-refractivity contribution in [1.29, 1.82) is 0 Å². The lowest BCUT2D eigenvalue weighted by Gasteiger charge is -2.09. The van der Waals surface area contributed by atoms with Crippen molar-refractivity contribution in [2.45, 2.75) is 12.3 Å². The van der Waals surface area contributed by atoms with E-state index >= 15 is 0 Å². The second-order valence-corrected chi connectivity index (χ2v) is 4.32. The molecule has 1 unspecified atom stereocenters. The van der Waals surface area contributed by atoms with E-state index in [1.54, 1.807) is 6.20 Å². The van der Waals surface area contributed by atoms with Crippen LogP contribution in [-0.2, 0) is 0 Å². The standard InChI is InChI=1S/C11H12ClN3/c12-10-7-14-11-9(2-1-5-15(10)11)8-3-4-13-6-8/h1-2,5,7-8,13H,3-4,6H2. The molecule has 0 saturated carbocycles. The molecule has 1 saturated heterocycles. The maximum Gasteiger partial charge on any atom is 0.141 e. The topological polar surface area (TPSA) is 29.3 Å². The van der Waals surface area contributed by atoms with Gasteiger partial charge in [0.1, 0.15) is 10.8 Å². The molecule has 0 spiro atoms. The molecule has 3 rings (SSSR count). The van der Waals surface area contributed by atoms with Crippen LogP contribution >= 0.6 is 11.6 Å². The fourth-order valence-electron chi connectivity index (χ4n) is 2.24. The Kier molecular flexibility index (Phi) is 2.15. The van der Waals surface area contributed by atoms with E-state index in [0.29, 0.717) is 11.1 Å². The van der Waals surface area contributed by atoms with Crippen molar-refractivity contribution < 1.29 is 0 Å². The van der Waals surface area contributed by atoms with Gasteiger partial charge in [0.2, 0.25) is 0 Å². The van der Waals surface area contributed by atoms with E-state index in [4.69, 9.17) is 11.6 Å². The summed E-state index contributed by atoms with van der Waals surface area (Å²) in [6.45, 7) is 2.14. The zero-order valence-corrected chi connectivity index (χ0v) is 9.04. The van der Waals surface area contributed by atoms with E-state index in [0.717, 1.165) is 18.7 Å². The van der Waals surface area contributed by atoms with Crippen LogP contribution < -0.4 is 5.32 Å². The highest BCUT2D eigenvalue weighted by Crippen LogP contribution is 2.26. The molecule has 1 aliphatic rings. The minimum absolute atomic E-state index is 0.576. The summed E-state index contributed by atoms with van der Waals surface area (Å²) in [5.41, 5.74) is 2.30. The number of rotatable bonds is 1. The van der Waals surface area contributed by atoms with Gasteiger partial charge in [-0.05, 0) is 24.6 Å². The number of pyridine rings is 1. The number of halogens is 1. The number of hydrogen-bond donors (Lipinski definition) is 1. The van der Waals surface area contributed by atoms with E-state index in [9.17, 15) is 0 Å². The number of aromatic nitrogens is 2. The van der Waals surface area contributed by atoms with Crippen LogP contribution in [0.25, 0.3) is 5.65 Å². The zero-order valence-electron chi connectivity index (χ0n) is 8.28. The first-order valence-electron chi connectivity index (χ1n) is 5.18. The third-order valence-corrected chi connectivity index (χ3v) is 3.30. The first kappa shape index (κ1) is 9.19. The van der Waals surface area contributed by atoms with E-state index in [2.05, 4.69) is 16.4 Å². The fourth-order valence-corrected chi connectivity index (χ4v) is 2.43. The Morgan fingerprint density at radius 2 is 2.47 bits per heavy atom. The van der Waals surface area contributed by atoms with Crippen molar-refractivity contribution >= 4 is 17.2 Å². The van der Waals surface area contributed by atoms with Crippen LogP contribution in [0.5, 0.6) is 0 Å². The summed E-state index contributed by atoms with van der Waals surface area (Å²) in [4.78, 5) is 4.37. The van der Waals surface area contributed by atoms with Gasteiger partial charge in [-0.1, -0.05) is 17.7 Å². The number of imidazole rings is 1. The number of nitrogens with one attached hydrogen (secondary N) is 1. The van der Waals surface area contributed by atoms with Gasteiger partial charge in [-0.25, -0.2) is 4.98 Å². The highest BCUT2D eigenvalue weighted by molar-refractivity contribution is 6.29. The quantitative estimate of drug-likeness (QED) is 0.799. The molecule has 0 amide bonds. The molecule has 4 heteroatoms. The molecule has 0 bridgehead atoms. The molecule has 78 valence electrons. The molecular formula is C11H12ClN3. The van der Waals surface area contributed by atoms with Crippen molar-refractivity contribution in [3.05, 3.63) is 35.2 Å². The highest BCUT2D eigenvalue weighted by Gasteiger charge is 2.19. The first-order valence-corrected chi connectivity index (χ1v) is 5.56. The van der Waals surface area contributed by atoms with E-state index < -0.39 is 0 Å². The Balaban J connectivity index is 2.17. The van der Waals surface area contributed by atoms with Crippen LogP contribution in [0.15, 0.2) is 24.5 Å². The summed E-state index contributed by atoms with van der Waals surface area (Å²) in [6, 6.07) is 4.19. The van der Waals surface area contributed by atoms with Gasteiger partial charge in [0.25, 0.3) is 0 Å². The summed E-state index contributed by atoms with van der Waals surface area (Å²) >= 11 is 6.04. The highest BCUT2D eigenvalue weighted by atomic mass is 35.5. The maximum absolute atomic E-state index is 6.04. The van der Waals surface area contributed by atoms with E-state index in [1.165, 1.54) is 12.0 Å². The molecule has 2 aromatic heterocycles. The predicted octanol–water partition coefficient (Wildman–Crippen LogP) is 2.06. The molecule has 15 heavy (non-hydrogen) atoms. The Labute approximate surface area is 93.1 Å². The van der Waals surface area contributed by atoms with Gasteiger partial charge in [-0.15, -0.1) is 0 Å². The van der Waals surface area contributed by atoms with Gasteiger partial charge in [0, 0.05) is 18.7 Å². The summed E-state index contributed by atoms with van der Waals surface area (Å²) in [5.74, 6) is 0.576. The van der Waals surface area contributed by atoms with E-state index in [1.807, 2.05) is 16.7 Å². The monoisotopic (exact) mass is 221 g/mol.